The van der Waals surface area contributed by atoms with Crippen molar-refractivity contribution in [1.29, 1.82) is 0 Å². The van der Waals surface area contributed by atoms with Gasteiger partial charge in [-0.3, -0.25) is 9.59 Å². The highest BCUT2D eigenvalue weighted by Crippen LogP contribution is 2.18. The zero-order valence-corrected chi connectivity index (χ0v) is 13.8. The van der Waals surface area contributed by atoms with Crippen molar-refractivity contribution in [3.05, 3.63) is 53.6 Å². The molecule has 0 spiro atoms. The standard InChI is InChI=1S/C18H21N3O2/c1-12-8-9-16(13(2)10-12)20-18(23)17(22)19-14-6-5-7-15(11-14)21(3)4/h5-11H,1-4H3,(H,19,22)(H,20,23). The summed E-state index contributed by atoms with van der Waals surface area (Å²) < 4.78 is 0. The molecule has 0 saturated heterocycles. The predicted octanol–water partition coefficient (Wildman–Crippen LogP) is 2.95. The van der Waals surface area contributed by atoms with Gasteiger partial charge in [-0.05, 0) is 43.7 Å². The third-order valence-electron chi connectivity index (χ3n) is 3.46. The monoisotopic (exact) mass is 311 g/mol. The predicted molar refractivity (Wildman–Crippen MR) is 93.9 cm³/mol. The average Bonchev–Trinajstić information content (AvgIpc) is 2.50. The van der Waals surface area contributed by atoms with Crippen LogP contribution < -0.4 is 15.5 Å². The van der Waals surface area contributed by atoms with Crippen LogP contribution in [0.25, 0.3) is 0 Å². The Hall–Kier alpha value is -2.82. The van der Waals surface area contributed by atoms with E-state index in [9.17, 15) is 9.59 Å². The lowest BCUT2D eigenvalue weighted by atomic mass is 10.1. The average molecular weight is 311 g/mol. The Morgan fingerprint density at radius 2 is 1.61 bits per heavy atom. The molecule has 0 aliphatic carbocycles. The van der Waals surface area contributed by atoms with Crippen molar-refractivity contribution >= 4 is 28.9 Å². The van der Waals surface area contributed by atoms with Crippen molar-refractivity contribution < 1.29 is 9.59 Å². The number of hydrogen-bond donors (Lipinski definition) is 2. The molecule has 2 N–H and O–H groups in total. The lowest BCUT2D eigenvalue weighted by Gasteiger charge is -2.14. The minimum atomic E-state index is -0.694. The van der Waals surface area contributed by atoms with Crippen molar-refractivity contribution in [3.8, 4) is 0 Å². The first-order chi connectivity index (χ1) is 10.9. The minimum Gasteiger partial charge on any atom is -0.378 e. The highest BCUT2D eigenvalue weighted by atomic mass is 16.2. The first kappa shape index (κ1) is 16.5. The second-order valence-corrected chi connectivity index (χ2v) is 5.67. The largest absolute Gasteiger partial charge is 0.378 e. The summed E-state index contributed by atoms with van der Waals surface area (Å²) in [7, 11) is 3.82. The molecule has 0 atom stereocenters. The molecule has 2 aromatic carbocycles. The van der Waals surface area contributed by atoms with E-state index in [2.05, 4.69) is 10.6 Å². The molecule has 0 radical (unpaired) electrons. The molecule has 2 rings (SSSR count). The number of rotatable bonds is 3. The third kappa shape index (κ3) is 4.32. The Kier molecular flexibility index (Phi) is 5.01. The Balaban J connectivity index is 2.05. The minimum absolute atomic E-state index is 0.581. The molecule has 0 unspecified atom stereocenters. The van der Waals surface area contributed by atoms with E-state index in [1.165, 1.54) is 0 Å². The van der Waals surface area contributed by atoms with Gasteiger partial charge in [0.05, 0.1) is 0 Å². The summed E-state index contributed by atoms with van der Waals surface area (Å²) >= 11 is 0. The molecule has 120 valence electrons. The lowest BCUT2D eigenvalue weighted by Crippen LogP contribution is -2.29. The van der Waals surface area contributed by atoms with Crippen LogP contribution >= 0.6 is 0 Å². The maximum atomic E-state index is 12.0. The molecule has 0 bridgehead atoms. The molecule has 0 aromatic heterocycles. The van der Waals surface area contributed by atoms with E-state index in [0.717, 1.165) is 16.8 Å². The molecule has 2 aromatic rings. The fourth-order valence-corrected chi connectivity index (χ4v) is 2.18. The summed E-state index contributed by atoms with van der Waals surface area (Å²) in [6, 6.07) is 12.9. The number of amides is 2. The van der Waals surface area contributed by atoms with Crippen LogP contribution in [0, 0.1) is 13.8 Å². The van der Waals surface area contributed by atoms with E-state index in [4.69, 9.17) is 0 Å². The Morgan fingerprint density at radius 1 is 0.913 bits per heavy atom. The fourth-order valence-electron chi connectivity index (χ4n) is 2.18. The highest BCUT2D eigenvalue weighted by molar-refractivity contribution is 6.43. The summed E-state index contributed by atoms with van der Waals surface area (Å²) in [4.78, 5) is 26.0. The number of nitrogens with zero attached hydrogens (tertiary/aromatic N) is 1. The first-order valence-corrected chi connectivity index (χ1v) is 7.34. The maximum absolute atomic E-state index is 12.0. The summed E-state index contributed by atoms with van der Waals surface area (Å²) in [6.45, 7) is 3.87. The van der Waals surface area contributed by atoms with Crippen molar-refractivity contribution in [1.82, 2.24) is 0 Å². The summed E-state index contributed by atoms with van der Waals surface area (Å²) in [5, 5.41) is 5.24. The summed E-state index contributed by atoms with van der Waals surface area (Å²) in [6.07, 6.45) is 0. The lowest BCUT2D eigenvalue weighted by molar-refractivity contribution is -0.133. The SMILES string of the molecule is Cc1ccc(NC(=O)C(=O)Nc2cccc(N(C)C)c2)c(C)c1. The van der Waals surface area contributed by atoms with Gasteiger partial charge in [-0.2, -0.15) is 0 Å². The third-order valence-corrected chi connectivity index (χ3v) is 3.46. The molecule has 2 amide bonds. The van der Waals surface area contributed by atoms with Crippen molar-refractivity contribution in [2.24, 2.45) is 0 Å². The van der Waals surface area contributed by atoms with Crippen LogP contribution in [-0.2, 0) is 9.59 Å². The molecule has 0 aliphatic rings. The van der Waals surface area contributed by atoms with E-state index >= 15 is 0 Å². The number of hydrogen-bond acceptors (Lipinski definition) is 3. The number of anilines is 3. The van der Waals surface area contributed by atoms with Crippen molar-refractivity contribution in [2.45, 2.75) is 13.8 Å². The van der Waals surface area contributed by atoms with Crippen LogP contribution in [0.1, 0.15) is 11.1 Å². The van der Waals surface area contributed by atoms with E-state index < -0.39 is 11.8 Å². The van der Waals surface area contributed by atoms with Crippen LogP contribution in [0.4, 0.5) is 17.1 Å². The number of nitrogens with one attached hydrogen (secondary N) is 2. The fraction of sp³-hybridized carbons (Fsp3) is 0.222. The van der Waals surface area contributed by atoms with Gasteiger partial charge in [0.15, 0.2) is 0 Å². The quantitative estimate of drug-likeness (QED) is 0.857. The van der Waals surface area contributed by atoms with Crippen LogP contribution in [-0.4, -0.2) is 25.9 Å². The molecule has 0 fully saturated rings. The van der Waals surface area contributed by atoms with Gasteiger partial charge in [-0.15, -0.1) is 0 Å². The van der Waals surface area contributed by atoms with Crippen LogP contribution in [0.2, 0.25) is 0 Å². The zero-order valence-electron chi connectivity index (χ0n) is 13.8. The van der Waals surface area contributed by atoms with Gasteiger partial charge in [-0.1, -0.05) is 23.8 Å². The normalized spacial score (nSPS) is 10.1. The number of aryl methyl sites for hydroxylation is 2. The van der Waals surface area contributed by atoms with Crippen LogP contribution in [0.15, 0.2) is 42.5 Å². The molecular weight excluding hydrogens is 290 g/mol. The van der Waals surface area contributed by atoms with Gasteiger partial charge >= 0.3 is 11.8 Å². The van der Waals surface area contributed by atoms with Gasteiger partial charge in [0.1, 0.15) is 0 Å². The van der Waals surface area contributed by atoms with E-state index in [1.54, 1.807) is 12.1 Å². The maximum Gasteiger partial charge on any atom is 0.314 e. The smallest absolute Gasteiger partial charge is 0.314 e. The Morgan fingerprint density at radius 3 is 2.26 bits per heavy atom. The van der Waals surface area contributed by atoms with Gasteiger partial charge in [0.2, 0.25) is 0 Å². The van der Waals surface area contributed by atoms with Gasteiger partial charge < -0.3 is 15.5 Å². The Bertz CT molecular complexity index is 739. The molecule has 23 heavy (non-hydrogen) atoms. The van der Waals surface area contributed by atoms with Crippen molar-refractivity contribution in [3.63, 3.8) is 0 Å². The topological polar surface area (TPSA) is 61.4 Å². The highest BCUT2D eigenvalue weighted by Gasteiger charge is 2.15. The summed E-state index contributed by atoms with van der Waals surface area (Å²) in [5.41, 5.74) is 4.18. The number of carbonyl (C=O) groups is 2. The second kappa shape index (κ2) is 6.96. The zero-order chi connectivity index (χ0) is 17.0. The molecule has 5 nitrogen and oxygen atoms in total. The van der Waals surface area contributed by atoms with Gasteiger partial charge in [0, 0.05) is 31.2 Å². The van der Waals surface area contributed by atoms with Crippen LogP contribution in [0.5, 0.6) is 0 Å². The first-order valence-electron chi connectivity index (χ1n) is 7.34. The number of carbonyl (C=O) groups excluding carboxylic acids is 2. The van der Waals surface area contributed by atoms with Gasteiger partial charge in [-0.25, -0.2) is 0 Å². The molecular formula is C18H21N3O2. The van der Waals surface area contributed by atoms with E-state index in [1.807, 2.05) is 63.2 Å². The number of benzene rings is 2. The Labute approximate surface area is 136 Å². The second-order valence-electron chi connectivity index (χ2n) is 5.67. The van der Waals surface area contributed by atoms with Crippen molar-refractivity contribution in [2.75, 3.05) is 29.6 Å². The molecule has 5 heteroatoms. The summed E-state index contributed by atoms with van der Waals surface area (Å²) in [5.74, 6) is -1.38. The van der Waals surface area contributed by atoms with E-state index in [-0.39, 0.29) is 0 Å². The molecule has 0 saturated carbocycles. The van der Waals surface area contributed by atoms with Gasteiger partial charge in [0.25, 0.3) is 0 Å². The van der Waals surface area contributed by atoms with E-state index in [0.29, 0.717) is 11.4 Å². The molecule has 0 aliphatic heterocycles. The van der Waals surface area contributed by atoms with Crippen LogP contribution in [0.3, 0.4) is 0 Å². The molecule has 0 heterocycles.